The molecule has 5 aliphatic rings. The third kappa shape index (κ3) is 29.1. The number of para-hydroxylation sites is 2. The first-order chi connectivity index (χ1) is 66.6. The molecular formula is C93H121N19O22S6. The van der Waals surface area contributed by atoms with Crippen molar-refractivity contribution in [2.24, 2.45) is 23.3 Å². The number of aromatic amines is 2. The third-order valence-corrected chi connectivity index (χ3v) is 34.0. The molecule has 7 aromatic rings. The normalized spacial score (nSPS) is 27.0. The average molecular weight is 2050 g/mol. The minimum absolute atomic E-state index is 0.00982. The molecule has 5 aliphatic heterocycles. The van der Waals surface area contributed by atoms with E-state index in [1.54, 1.807) is 148 Å². The van der Waals surface area contributed by atoms with Gasteiger partial charge in [0, 0.05) is 127 Å². The molecule has 7 heterocycles. The summed E-state index contributed by atoms with van der Waals surface area (Å²) in [4.78, 5) is 211. The van der Waals surface area contributed by atoms with Crippen LogP contribution in [0.3, 0.4) is 0 Å². The Morgan fingerprint density at radius 2 is 0.929 bits per heavy atom. The number of hydrogen-bond acceptors (Lipinski definition) is 25. The number of carboxylic acids is 1. The van der Waals surface area contributed by atoms with E-state index in [9.17, 15) is 58.2 Å². The number of carboxylic acid groups (broad SMARTS) is 1. The number of H-pyrrole nitrogens is 2. The monoisotopic (exact) mass is 2050 g/mol. The summed E-state index contributed by atoms with van der Waals surface area (Å²) in [5, 5.41) is 51.7. The van der Waals surface area contributed by atoms with Gasteiger partial charge in [0.1, 0.15) is 66.5 Å². The molecule has 2 saturated heterocycles. The maximum absolute atomic E-state index is 15.7. The van der Waals surface area contributed by atoms with E-state index in [2.05, 4.69) is 68.5 Å². The topological polar surface area (TPSA) is 611 Å². The number of aliphatic hydroxyl groups is 1. The Kier molecular flexibility index (Phi) is 37.4. The van der Waals surface area contributed by atoms with Gasteiger partial charge in [0.2, 0.25) is 107 Å². The molecule has 0 saturated carbocycles. The Labute approximate surface area is 823 Å². The van der Waals surface area contributed by atoms with Crippen LogP contribution in [0.1, 0.15) is 118 Å². The van der Waals surface area contributed by atoms with Gasteiger partial charge in [-0.15, -0.1) is 0 Å². The smallest absolute Gasteiger partial charge is 0.305 e. The highest BCUT2D eigenvalue weighted by molar-refractivity contribution is 8.01. The summed E-state index contributed by atoms with van der Waals surface area (Å²) in [6, 6.07) is 14.9. The number of carbonyl (C=O) groups is 14. The van der Waals surface area contributed by atoms with E-state index in [1.165, 1.54) is 38.6 Å². The molecule has 756 valence electrons. The van der Waals surface area contributed by atoms with Gasteiger partial charge in [-0.05, 0) is 108 Å². The van der Waals surface area contributed by atoms with Crippen LogP contribution in [0, 0.1) is 11.8 Å². The SMILES string of the molecule is CC(C)[C@@H]1NC(=O)[C@H](Cc2c[nH]c3ccccc23)NC(=O)[C@@H]2CSCCS(=O)(=O)N3Cc4cccc(c4)CN(Cc4cccc(c4)CN(Cc4cccc(c4)C3)S(=O)(=O)CCSC[C@H](NC(=O)[C@H](C)N)C(=O)N[C@@H]3C(=O)N[C@@H](CCC[C@H]3O)C(=O)N2)S(=O)(=O)CCSC[C@@H](C(N)=O)NC(=O)[C@@H]2CCCN2C(=O)[C@H](C(C)C)NC(=O)[C@H](Cc2c[nH]c3ccccc23)NC(=O)CNC(=O)[C@H](CC(=O)O)NC1=O. The van der Waals surface area contributed by atoms with E-state index in [4.69, 9.17) is 11.5 Å². The first-order valence-electron chi connectivity index (χ1n) is 46.1. The van der Waals surface area contributed by atoms with E-state index in [0.29, 0.717) is 66.3 Å². The number of hydrogen-bond donors (Lipinski definition) is 17. The number of nitrogens with two attached hydrogens (primary N) is 2. The zero-order chi connectivity index (χ0) is 101. The van der Waals surface area contributed by atoms with Crippen LogP contribution in [0.25, 0.3) is 21.8 Å². The molecule has 12 rings (SSSR count). The minimum atomic E-state index is -4.53. The van der Waals surface area contributed by atoms with Crippen molar-refractivity contribution in [3.63, 3.8) is 0 Å². The molecule has 0 aliphatic carbocycles. The van der Waals surface area contributed by atoms with Crippen LogP contribution in [0.2, 0.25) is 0 Å². The van der Waals surface area contributed by atoms with Crippen LogP contribution in [-0.4, -0.2) is 289 Å². The van der Waals surface area contributed by atoms with Gasteiger partial charge >= 0.3 is 5.97 Å². The quantitative estimate of drug-likeness (QED) is 0.0797. The van der Waals surface area contributed by atoms with Crippen LogP contribution >= 0.6 is 35.3 Å². The number of rotatable bonds is 11. The number of sulfonamides is 3. The number of carbonyl (C=O) groups excluding carboxylic acids is 13. The predicted molar refractivity (Wildman–Crippen MR) is 526 cm³/mol. The highest BCUT2D eigenvalue weighted by atomic mass is 32.2. The van der Waals surface area contributed by atoms with E-state index in [0.717, 1.165) is 35.3 Å². The van der Waals surface area contributed by atoms with Crippen molar-refractivity contribution < 1.29 is 103 Å². The van der Waals surface area contributed by atoms with Gasteiger partial charge in [0.05, 0.1) is 42.4 Å². The average Bonchev–Trinajstić information content (AvgIpc) is 1.46. The molecule has 2 fully saturated rings. The molecule has 47 heteroatoms. The Hall–Kier alpha value is -11.5. The number of nitrogens with zero attached hydrogens (tertiary/aromatic N) is 4. The highest BCUT2D eigenvalue weighted by Crippen LogP contribution is 2.30. The highest BCUT2D eigenvalue weighted by Gasteiger charge is 2.44. The molecule has 41 nitrogen and oxygen atoms in total. The number of primary amides is 1. The number of fused-ring (bicyclic) bond motifs is 15. The molecule has 0 radical (unpaired) electrons. The molecule has 13 amide bonds. The van der Waals surface area contributed by atoms with Crippen molar-refractivity contribution >= 4 is 170 Å². The standard InChI is InChI=1S/C93H121N19O22S6/c1-53(2)79-91(126)102-71(40-78(115)116)84(119)98-43-77(114)99-69(38-62-41-96-66-23-8-6-21-64(62)66)86(121)107-80(54(3)4)93(128)112-28-14-26-75(112)90(125)103-72(82(95)117)50-135-29-32-138(129,130)109-44-56-15-10-17-58(35-56)46-110-47-60-19-12-20-61(37-60)49-111(48-59-18-11-16-57(36-59)45-109)140(133,134)34-31-137-52-74(104-83(118)55(5)94)89(124)108-81-76(113)27-13-25-68(100-92(81)127)85(120)105-73(51-136-30-33-139(110,131)132)88(123)101-70(87(122)106-79)39-63-42-97-67-24-9-7-22-65(63)67/h6-12,15-24,35-37,41-42,53-55,68-76,79-81,96-97,113H,13-14,25-34,38-40,43-52,94H2,1-5H3,(H2,95,117)(H,98,119)(H,99,114)(H,100,127)(H,101,123)(H,102,126)(H,103,125)(H,104,118)(H,105,120)(H,106,122)(H,107,121)(H,108,124)(H,115,116)/t55-,68-,69-,70-,71-,72-,73-,74-,75-,76+,79-,80-,81-/m0/s1. The summed E-state index contributed by atoms with van der Waals surface area (Å²) in [5.41, 5.74) is 16.5. The fraction of sp³-hybridized carbons (Fsp3) is 0.484. The summed E-state index contributed by atoms with van der Waals surface area (Å²) in [5.74, 6) is -19.8. The number of nitrogens with one attached hydrogen (secondary N) is 13. The lowest BCUT2D eigenvalue weighted by molar-refractivity contribution is -0.143. The van der Waals surface area contributed by atoms with Gasteiger partial charge in [-0.2, -0.15) is 48.2 Å². The van der Waals surface area contributed by atoms with Gasteiger partial charge in [-0.1, -0.05) is 137 Å². The second-order valence-corrected chi connectivity index (χ2v) is 45.9. The Balaban J connectivity index is 0.941. The summed E-state index contributed by atoms with van der Waals surface area (Å²) < 4.78 is 95.7. The summed E-state index contributed by atoms with van der Waals surface area (Å²) in [7, 11) is -13.4. The summed E-state index contributed by atoms with van der Waals surface area (Å²) in [6.45, 7) is 4.69. The lowest BCUT2D eigenvalue weighted by Gasteiger charge is -2.32. The van der Waals surface area contributed by atoms with Crippen molar-refractivity contribution in [3.05, 3.63) is 178 Å². The molecule has 5 aromatic carbocycles. The van der Waals surface area contributed by atoms with Crippen molar-refractivity contribution in [3.8, 4) is 0 Å². The predicted octanol–water partition coefficient (Wildman–Crippen LogP) is -0.210. The van der Waals surface area contributed by atoms with E-state index in [1.807, 2.05) is 0 Å². The number of thioether (sulfide) groups is 3. The maximum Gasteiger partial charge on any atom is 0.305 e. The Morgan fingerprint density at radius 3 is 1.41 bits per heavy atom. The molecule has 19 N–H and O–H groups in total. The lowest BCUT2D eigenvalue weighted by atomic mass is 9.97. The number of aliphatic carboxylic acids is 1. The molecule has 0 spiro atoms. The molecule has 12 bridgehead atoms. The van der Waals surface area contributed by atoms with Gasteiger partial charge in [0.25, 0.3) is 0 Å². The number of aliphatic hydroxyl groups excluding tert-OH is 1. The van der Waals surface area contributed by atoms with E-state index in [-0.39, 0.29) is 120 Å². The van der Waals surface area contributed by atoms with Crippen molar-refractivity contribution in [2.75, 3.05) is 64.9 Å². The van der Waals surface area contributed by atoms with Gasteiger partial charge in [0.15, 0.2) is 0 Å². The number of amides is 13. The first-order valence-corrected chi connectivity index (χ1v) is 54.4. The number of benzene rings is 5. The molecule has 3 unspecified atom stereocenters. The fourth-order valence-corrected chi connectivity index (χ4v) is 25.8. The van der Waals surface area contributed by atoms with Crippen LogP contribution in [0.15, 0.2) is 134 Å². The lowest BCUT2D eigenvalue weighted by Crippen LogP contribution is -2.63. The second-order valence-electron chi connectivity index (χ2n) is 36.2. The zero-order valence-electron chi connectivity index (χ0n) is 78.0. The van der Waals surface area contributed by atoms with Crippen LogP contribution in [0.5, 0.6) is 0 Å². The second kappa shape index (κ2) is 48.8. The largest absolute Gasteiger partial charge is 0.481 e. The Morgan fingerprint density at radius 1 is 0.471 bits per heavy atom. The summed E-state index contributed by atoms with van der Waals surface area (Å²) in [6.07, 6.45) is -0.179. The van der Waals surface area contributed by atoms with E-state index >= 15 is 44.4 Å². The van der Waals surface area contributed by atoms with E-state index < -0.39 is 239 Å². The van der Waals surface area contributed by atoms with Crippen LogP contribution < -0.4 is 70.0 Å². The van der Waals surface area contributed by atoms with Crippen LogP contribution in [0.4, 0.5) is 0 Å². The zero-order valence-corrected chi connectivity index (χ0v) is 82.9. The third-order valence-electron chi connectivity index (χ3n) is 24.8. The van der Waals surface area contributed by atoms with Gasteiger partial charge < -0.3 is 95.0 Å². The molecule has 140 heavy (non-hydrogen) atoms. The molecule has 16 atom stereocenters. The minimum Gasteiger partial charge on any atom is -0.481 e. The van der Waals surface area contributed by atoms with Crippen LogP contribution in [-0.2, 0) is 149 Å². The Bertz CT molecular complexity index is 6100. The van der Waals surface area contributed by atoms with Gasteiger partial charge in [-0.3, -0.25) is 67.1 Å². The van der Waals surface area contributed by atoms with Crippen molar-refractivity contribution in [1.29, 1.82) is 0 Å². The van der Waals surface area contributed by atoms with Gasteiger partial charge in [-0.25, -0.2) is 25.3 Å². The molecular weight excluding hydrogens is 1930 g/mol. The van der Waals surface area contributed by atoms with Crippen molar-refractivity contribution in [2.45, 2.75) is 204 Å². The number of aromatic nitrogens is 2. The summed E-state index contributed by atoms with van der Waals surface area (Å²) >= 11 is 2.75. The maximum atomic E-state index is 15.7. The van der Waals surface area contributed by atoms with Crippen molar-refractivity contribution in [1.82, 2.24) is 86.3 Å². The molecule has 2 aromatic heterocycles. The first kappa shape index (κ1) is 107. The fourth-order valence-electron chi connectivity index (χ4n) is 17.1.